The first-order valence-corrected chi connectivity index (χ1v) is 7.27. The fraction of sp³-hybridized carbons (Fsp3) is 0.750. The van der Waals surface area contributed by atoms with Crippen molar-refractivity contribution in [3.63, 3.8) is 0 Å². The highest BCUT2D eigenvalue weighted by molar-refractivity contribution is 7.09. The zero-order chi connectivity index (χ0) is 12.5. The van der Waals surface area contributed by atoms with Gasteiger partial charge in [0, 0.05) is 30.0 Å². The van der Waals surface area contributed by atoms with Crippen LogP contribution in [0.15, 0.2) is 5.38 Å². The minimum atomic E-state index is -0.121. The summed E-state index contributed by atoms with van der Waals surface area (Å²) in [5.41, 5.74) is 0.982. The van der Waals surface area contributed by atoms with E-state index in [2.05, 4.69) is 29.1 Å². The van der Waals surface area contributed by atoms with Crippen molar-refractivity contribution in [3.8, 4) is 0 Å². The van der Waals surface area contributed by atoms with Crippen LogP contribution < -0.4 is 0 Å². The number of aromatic nitrogens is 1. The average molecular weight is 275 g/mol. The molecule has 1 aromatic rings. The summed E-state index contributed by atoms with van der Waals surface area (Å²) in [4.78, 5) is 6.89. The summed E-state index contributed by atoms with van der Waals surface area (Å²) in [7, 11) is 0. The number of aryl methyl sites for hydroxylation is 1. The highest BCUT2D eigenvalue weighted by atomic mass is 35.5. The minimum absolute atomic E-state index is 0.121. The van der Waals surface area contributed by atoms with Crippen molar-refractivity contribution >= 4 is 22.9 Å². The molecule has 0 amide bonds. The molecule has 1 atom stereocenters. The van der Waals surface area contributed by atoms with Gasteiger partial charge >= 0.3 is 0 Å². The smallest absolute Gasteiger partial charge is 0.107 e. The SMILES string of the molecule is Cc1csc(CN2CC(CCl)OC(C)(C)C2)n1. The largest absolute Gasteiger partial charge is 0.368 e. The van der Waals surface area contributed by atoms with Gasteiger partial charge in [0.25, 0.3) is 0 Å². The summed E-state index contributed by atoms with van der Waals surface area (Å²) in [6.45, 7) is 8.99. The summed E-state index contributed by atoms with van der Waals surface area (Å²) in [6, 6.07) is 0. The molecule has 1 aliphatic rings. The van der Waals surface area contributed by atoms with E-state index in [1.807, 2.05) is 6.92 Å². The van der Waals surface area contributed by atoms with Gasteiger partial charge in [-0.25, -0.2) is 4.98 Å². The Bertz CT molecular complexity index is 380. The average Bonchev–Trinajstić information content (AvgIpc) is 2.61. The normalized spacial score (nSPS) is 25.1. The maximum Gasteiger partial charge on any atom is 0.107 e. The maximum atomic E-state index is 5.92. The number of alkyl halides is 1. The molecule has 0 aliphatic carbocycles. The maximum absolute atomic E-state index is 5.92. The lowest BCUT2D eigenvalue weighted by molar-refractivity contribution is -0.129. The van der Waals surface area contributed by atoms with E-state index >= 15 is 0 Å². The van der Waals surface area contributed by atoms with Crippen LogP contribution in [0.4, 0.5) is 0 Å². The van der Waals surface area contributed by atoms with Crippen molar-refractivity contribution in [2.45, 2.75) is 39.0 Å². The second kappa shape index (κ2) is 5.22. The first-order valence-electron chi connectivity index (χ1n) is 5.86. The third-order valence-electron chi connectivity index (χ3n) is 2.75. The molecule has 0 N–H and O–H groups in total. The Morgan fingerprint density at radius 1 is 1.65 bits per heavy atom. The van der Waals surface area contributed by atoms with Gasteiger partial charge in [-0.3, -0.25) is 4.90 Å². The van der Waals surface area contributed by atoms with Gasteiger partial charge in [-0.2, -0.15) is 0 Å². The summed E-state index contributed by atoms with van der Waals surface area (Å²) < 4.78 is 5.91. The molecule has 0 bridgehead atoms. The van der Waals surface area contributed by atoms with Crippen LogP contribution >= 0.6 is 22.9 Å². The number of morpholine rings is 1. The van der Waals surface area contributed by atoms with E-state index in [9.17, 15) is 0 Å². The lowest BCUT2D eigenvalue weighted by Gasteiger charge is -2.42. The predicted molar refractivity (Wildman–Crippen MR) is 71.8 cm³/mol. The van der Waals surface area contributed by atoms with E-state index in [0.717, 1.165) is 25.3 Å². The number of thiazole rings is 1. The molecule has 1 saturated heterocycles. The van der Waals surface area contributed by atoms with Crippen LogP contribution in [0, 0.1) is 6.92 Å². The van der Waals surface area contributed by atoms with Gasteiger partial charge in [-0.15, -0.1) is 22.9 Å². The fourth-order valence-electron chi connectivity index (χ4n) is 2.28. The summed E-state index contributed by atoms with van der Waals surface area (Å²) in [6.07, 6.45) is 0.126. The summed E-state index contributed by atoms with van der Waals surface area (Å²) >= 11 is 7.64. The molecule has 0 aromatic carbocycles. The predicted octanol–water partition coefficient (Wildman–Crippen LogP) is 2.67. The first-order chi connectivity index (χ1) is 7.98. The number of rotatable bonds is 3. The first kappa shape index (κ1) is 13.3. The van der Waals surface area contributed by atoms with Crippen LogP contribution in [0.3, 0.4) is 0 Å². The molecule has 0 saturated carbocycles. The Kier molecular flexibility index (Phi) is 4.08. The van der Waals surface area contributed by atoms with Crippen molar-refractivity contribution in [3.05, 3.63) is 16.1 Å². The molecule has 5 heteroatoms. The monoisotopic (exact) mass is 274 g/mol. The Morgan fingerprint density at radius 3 is 3.00 bits per heavy atom. The quantitative estimate of drug-likeness (QED) is 0.793. The molecule has 2 rings (SSSR count). The van der Waals surface area contributed by atoms with Crippen molar-refractivity contribution < 1.29 is 4.74 Å². The van der Waals surface area contributed by atoms with Crippen molar-refractivity contribution in [1.82, 2.24) is 9.88 Å². The number of hydrogen-bond acceptors (Lipinski definition) is 4. The van der Waals surface area contributed by atoms with E-state index in [1.165, 1.54) is 5.01 Å². The van der Waals surface area contributed by atoms with Gasteiger partial charge in [0.15, 0.2) is 0 Å². The molecule has 17 heavy (non-hydrogen) atoms. The molecule has 1 aromatic heterocycles. The van der Waals surface area contributed by atoms with Gasteiger partial charge in [-0.05, 0) is 20.8 Å². The van der Waals surface area contributed by atoms with Gasteiger partial charge in [0.1, 0.15) is 5.01 Å². The van der Waals surface area contributed by atoms with E-state index in [4.69, 9.17) is 16.3 Å². The lowest BCUT2D eigenvalue weighted by atomic mass is 10.1. The molecule has 0 radical (unpaired) electrons. The standard InChI is InChI=1S/C12H19ClN2OS/c1-9-7-17-11(14-9)6-15-5-10(4-13)16-12(2,3)8-15/h7,10H,4-6,8H2,1-3H3. The second-order valence-electron chi connectivity index (χ2n) is 5.21. The third kappa shape index (κ3) is 3.65. The number of hydrogen-bond donors (Lipinski definition) is 0. The number of halogens is 1. The number of nitrogens with zero attached hydrogens (tertiary/aromatic N) is 2. The van der Waals surface area contributed by atoms with Crippen LogP contribution in [-0.2, 0) is 11.3 Å². The molecule has 1 aliphatic heterocycles. The van der Waals surface area contributed by atoms with Crippen LogP contribution in [0.2, 0.25) is 0 Å². The minimum Gasteiger partial charge on any atom is -0.368 e. The van der Waals surface area contributed by atoms with Crippen molar-refractivity contribution in [2.75, 3.05) is 19.0 Å². The molecular weight excluding hydrogens is 256 g/mol. The highest BCUT2D eigenvalue weighted by Crippen LogP contribution is 2.23. The van der Waals surface area contributed by atoms with Gasteiger partial charge in [-0.1, -0.05) is 0 Å². The van der Waals surface area contributed by atoms with Crippen molar-refractivity contribution in [1.29, 1.82) is 0 Å². The summed E-state index contributed by atoms with van der Waals surface area (Å²) in [5.74, 6) is 0.552. The van der Waals surface area contributed by atoms with Crippen LogP contribution in [0.25, 0.3) is 0 Å². The van der Waals surface area contributed by atoms with Crippen LogP contribution in [0.1, 0.15) is 24.5 Å². The third-order valence-corrected chi connectivity index (χ3v) is 4.05. The Hall–Kier alpha value is -0.160. The highest BCUT2D eigenvalue weighted by Gasteiger charge is 2.33. The Balaban J connectivity index is 2.00. The van der Waals surface area contributed by atoms with Crippen LogP contribution in [-0.4, -0.2) is 40.6 Å². The second-order valence-corrected chi connectivity index (χ2v) is 6.46. The van der Waals surface area contributed by atoms with Gasteiger partial charge in [0.2, 0.25) is 0 Å². The Morgan fingerprint density at radius 2 is 2.41 bits per heavy atom. The van der Waals surface area contributed by atoms with Gasteiger partial charge < -0.3 is 4.74 Å². The Labute approximate surface area is 112 Å². The molecule has 1 fully saturated rings. The zero-order valence-corrected chi connectivity index (χ0v) is 12.1. The van der Waals surface area contributed by atoms with Gasteiger partial charge in [0.05, 0.1) is 18.2 Å². The van der Waals surface area contributed by atoms with E-state index in [1.54, 1.807) is 11.3 Å². The topological polar surface area (TPSA) is 25.4 Å². The zero-order valence-electron chi connectivity index (χ0n) is 10.6. The molecule has 0 spiro atoms. The van der Waals surface area contributed by atoms with Crippen LogP contribution in [0.5, 0.6) is 0 Å². The van der Waals surface area contributed by atoms with E-state index in [0.29, 0.717) is 5.88 Å². The fourth-order valence-corrected chi connectivity index (χ4v) is 3.26. The number of ether oxygens (including phenoxy) is 1. The summed E-state index contributed by atoms with van der Waals surface area (Å²) in [5, 5.41) is 3.27. The van der Waals surface area contributed by atoms with E-state index in [-0.39, 0.29) is 11.7 Å². The molecule has 1 unspecified atom stereocenters. The van der Waals surface area contributed by atoms with E-state index < -0.39 is 0 Å². The molecule has 96 valence electrons. The molecule has 2 heterocycles. The molecule has 3 nitrogen and oxygen atoms in total. The lowest BCUT2D eigenvalue weighted by Crippen LogP contribution is -2.52. The van der Waals surface area contributed by atoms with Crippen molar-refractivity contribution in [2.24, 2.45) is 0 Å². The molecular formula is C12H19ClN2OS.